The van der Waals surface area contributed by atoms with Crippen molar-refractivity contribution in [3.8, 4) is 11.3 Å². The van der Waals surface area contributed by atoms with Crippen molar-refractivity contribution in [1.82, 2.24) is 9.97 Å². The van der Waals surface area contributed by atoms with Gasteiger partial charge in [0.15, 0.2) is 0 Å². The van der Waals surface area contributed by atoms with Crippen LogP contribution in [-0.2, 0) is 12.8 Å². The van der Waals surface area contributed by atoms with E-state index in [9.17, 15) is 5.11 Å². The zero-order valence-electron chi connectivity index (χ0n) is 18.1. The molecule has 2 atom stereocenters. The van der Waals surface area contributed by atoms with Crippen molar-refractivity contribution in [2.75, 3.05) is 6.61 Å². The standard InChI is InChI=1S/C24H36N2O/c1-8-18-13-21(19(9-2)16(6)14-27)17(7)25-24(18)20-11-12-23(15(4)5)26-22(20)10-3/h11-13,15-16,19,27H,8-10,14H2,1-7H3/t16-,19?/m0/s1. The molecule has 0 bridgehead atoms. The van der Waals surface area contributed by atoms with Crippen molar-refractivity contribution in [3.63, 3.8) is 0 Å². The molecule has 27 heavy (non-hydrogen) atoms. The molecule has 3 nitrogen and oxygen atoms in total. The third kappa shape index (κ3) is 4.57. The molecule has 1 unspecified atom stereocenters. The highest BCUT2D eigenvalue weighted by Crippen LogP contribution is 2.34. The third-order valence-corrected chi connectivity index (χ3v) is 5.70. The maximum absolute atomic E-state index is 9.66. The average molecular weight is 369 g/mol. The monoisotopic (exact) mass is 368 g/mol. The van der Waals surface area contributed by atoms with Gasteiger partial charge in [-0.25, -0.2) is 0 Å². The number of nitrogens with zero attached hydrogens (tertiary/aromatic N) is 2. The molecular formula is C24H36N2O. The normalized spacial score (nSPS) is 13.8. The Hall–Kier alpha value is -1.74. The summed E-state index contributed by atoms with van der Waals surface area (Å²) in [6.07, 6.45) is 2.85. The van der Waals surface area contributed by atoms with Gasteiger partial charge in [0.25, 0.3) is 0 Å². The van der Waals surface area contributed by atoms with Crippen LogP contribution in [0.4, 0.5) is 0 Å². The van der Waals surface area contributed by atoms with Gasteiger partial charge in [-0.2, -0.15) is 0 Å². The molecule has 3 heteroatoms. The lowest BCUT2D eigenvalue weighted by molar-refractivity contribution is 0.213. The number of aryl methyl sites for hydroxylation is 3. The minimum atomic E-state index is 0.210. The van der Waals surface area contributed by atoms with E-state index in [1.807, 2.05) is 0 Å². The lowest BCUT2D eigenvalue weighted by atomic mass is 9.83. The summed E-state index contributed by atoms with van der Waals surface area (Å²) in [4.78, 5) is 9.98. The van der Waals surface area contributed by atoms with E-state index < -0.39 is 0 Å². The molecule has 0 radical (unpaired) electrons. The fourth-order valence-corrected chi connectivity index (χ4v) is 3.92. The molecule has 0 saturated heterocycles. The van der Waals surface area contributed by atoms with Crippen LogP contribution in [0.15, 0.2) is 18.2 Å². The highest BCUT2D eigenvalue weighted by molar-refractivity contribution is 5.67. The van der Waals surface area contributed by atoms with Gasteiger partial charge in [0, 0.05) is 29.3 Å². The largest absolute Gasteiger partial charge is 0.396 e. The number of aliphatic hydroxyl groups is 1. The van der Waals surface area contributed by atoms with Crippen LogP contribution < -0.4 is 0 Å². The Bertz CT molecular complexity index is 767. The van der Waals surface area contributed by atoms with Crippen LogP contribution in [0, 0.1) is 12.8 Å². The first-order valence-electron chi connectivity index (χ1n) is 10.5. The average Bonchev–Trinajstić information content (AvgIpc) is 2.68. The summed E-state index contributed by atoms with van der Waals surface area (Å²) >= 11 is 0. The van der Waals surface area contributed by atoms with E-state index in [0.717, 1.165) is 47.6 Å². The molecule has 0 saturated carbocycles. The van der Waals surface area contributed by atoms with Crippen LogP contribution >= 0.6 is 0 Å². The van der Waals surface area contributed by atoms with Gasteiger partial charge in [0.05, 0.1) is 5.69 Å². The van der Waals surface area contributed by atoms with Gasteiger partial charge in [-0.05, 0) is 67.2 Å². The van der Waals surface area contributed by atoms with Crippen LogP contribution in [0.5, 0.6) is 0 Å². The van der Waals surface area contributed by atoms with E-state index in [2.05, 4.69) is 66.7 Å². The first kappa shape index (κ1) is 21.6. The maximum atomic E-state index is 9.66. The minimum absolute atomic E-state index is 0.210. The molecule has 0 fully saturated rings. The molecule has 2 rings (SSSR count). The molecule has 2 heterocycles. The Morgan fingerprint density at radius 2 is 1.70 bits per heavy atom. The van der Waals surface area contributed by atoms with Crippen LogP contribution in [0.1, 0.15) is 88.0 Å². The molecule has 0 aliphatic rings. The van der Waals surface area contributed by atoms with E-state index in [1.165, 1.54) is 11.1 Å². The summed E-state index contributed by atoms with van der Waals surface area (Å²) in [5.74, 6) is 1.01. The van der Waals surface area contributed by atoms with Gasteiger partial charge in [-0.3, -0.25) is 9.97 Å². The highest BCUT2D eigenvalue weighted by atomic mass is 16.3. The summed E-state index contributed by atoms with van der Waals surface area (Å²) in [6, 6.07) is 6.68. The van der Waals surface area contributed by atoms with E-state index >= 15 is 0 Å². The maximum Gasteiger partial charge on any atom is 0.0755 e. The number of pyridine rings is 2. The van der Waals surface area contributed by atoms with E-state index in [0.29, 0.717) is 11.8 Å². The van der Waals surface area contributed by atoms with Crippen molar-refractivity contribution in [2.24, 2.45) is 5.92 Å². The number of aromatic nitrogens is 2. The van der Waals surface area contributed by atoms with Crippen LogP contribution in [0.3, 0.4) is 0 Å². The first-order chi connectivity index (χ1) is 12.9. The minimum Gasteiger partial charge on any atom is -0.396 e. The fraction of sp³-hybridized carbons (Fsp3) is 0.583. The number of hydrogen-bond acceptors (Lipinski definition) is 3. The van der Waals surface area contributed by atoms with E-state index in [-0.39, 0.29) is 12.5 Å². The summed E-state index contributed by atoms with van der Waals surface area (Å²) in [6.45, 7) is 15.4. The lowest BCUT2D eigenvalue weighted by Crippen LogP contribution is -2.15. The van der Waals surface area contributed by atoms with Crippen LogP contribution in [-0.4, -0.2) is 21.7 Å². The Morgan fingerprint density at radius 1 is 1.00 bits per heavy atom. The molecule has 0 spiro atoms. The topological polar surface area (TPSA) is 46.0 Å². The molecule has 2 aromatic heterocycles. The van der Waals surface area contributed by atoms with Crippen molar-refractivity contribution in [1.29, 1.82) is 0 Å². The Balaban J connectivity index is 2.61. The molecule has 2 aromatic rings. The van der Waals surface area contributed by atoms with Crippen molar-refractivity contribution >= 4 is 0 Å². The lowest BCUT2D eigenvalue weighted by Gasteiger charge is -2.24. The number of aliphatic hydroxyl groups excluding tert-OH is 1. The van der Waals surface area contributed by atoms with Crippen LogP contribution in [0.2, 0.25) is 0 Å². The van der Waals surface area contributed by atoms with Crippen LogP contribution in [0.25, 0.3) is 11.3 Å². The number of rotatable bonds is 8. The van der Waals surface area contributed by atoms with E-state index in [1.54, 1.807) is 0 Å². The second-order valence-electron chi connectivity index (χ2n) is 7.94. The first-order valence-corrected chi connectivity index (χ1v) is 10.5. The molecule has 148 valence electrons. The molecule has 0 amide bonds. The molecular weight excluding hydrogens is 332 g/mol. The summed E-state index contributed by atoms with van der Waals surface area (Å²) in [7, 11) is 0. The van der Waals surface area contributed by atoms with Gasteiger partial charge < -0.3 is 5.11 Å². The predicted molar refractivity (Wildman–Crippen MR) is 114 cm³/mol. The second kappa shape index (κ2) is 9.45. The predicted octanol–water partition coefficient (Wildman–Crippen LogP) is 5.82. The molecule has 1 N–H and O–H groups in total. The number of hydrogen-bond donors (Lipinski definition) is 1. The zero-order valence-corrected chi connectivity index (χ0v) is 18.1. The third-order valence-electron chi connectivity index (χ3n) is 5.70. The van der Waals surface area contributed by atoms with E-state index in [4.69, 9.17) is 9.97 Å². The Morgan fingerprint density at radius 3 is 2.22 bits per heavy atom. The van der Waals surface area contributed by atoms with Crippen molar-refractivity contribution in [3.05, 3.63) is 46.4 Å². The summed E-state index contributed by atoms with van der Waals surface area (Å²) < 4.78 is 0. The van der Waals surface area contributed by atoms with Gasteiger partial charge in [-0.15, -0.1) is 0 Å². The fourth-order valence-electron chi connectivity index (χ4n) is 3.92. The summed E-state index contributed by atoms with van der Waals surface area (Å²) in [5, 5.41) is 9.66. The molecule has 0 aliphatic heterocycles. The second-order valence-corrected chi connectivity index (χ2v) is 7.94. The molecule has 0 aromatic carbocycles. The Labute approximate surface area is 165 Å². The quantitative estimate of drug-likeness (QED) is 0.638. The highest BCUT2D eigenvalue weighted by Gasteiger charge is 2.22. The van der Waals surface area contributed by atoms with Gasteiger partial charge in [-0.1, -0.05) is 47.6 Å². The molecule has 0 aliphatic carbocycles. The van der Waals surface area contributed by atoms with Gasteiger partial charge in [0.2, 0.25) is 0 Å². The summed E-state index contributed by atoms with van der Waals surface area (Å²) in [5.41, 5.74) is 8.14. The van der Waals surface area contributed by atoms with Crippen molar-refractivity contribution < 1.29 is 5.11 Å². The Kier molecular flexibility index (Phi) is 7.55. The SMILES string of the molecule is CCc1cc(C(CC)[C@@H](C)CO)c(C)nc1-c1ccc(C(C)C)nc1CC. The van der Waals surface area contributed by atoms with Crippen molar-refractivity contribution in [2.45, 2.75) is 79.6 Å². The van der Waals surface area contributed by atoms with Gasteiger partial charge >= 0.3 is 0 Å². The smallest absolute Gasteiger partial charge is 0.0755 e. The zero-order chi connectivity index (χ0) is 20.1. The van der Waals surface area contributed by atoms with Gasteiger partial charge in [0.1, 0.15) is 0 Å².